The van der Waals surface area contributed by atoms with Crippen molar-refractivity contribution in [3.05, 3.63) is 28.2 Å². The topological polar surface area (TPSA) is 18.5 Å². The molecular weight excluding hydrogens is 313 g/mol. The van der Waals surface area contributed by atoms with E-state index < -0.39 is 12.6 Å². The van der Waals surface area contributed by atoms with Gasteiger partial charge in [-0.15, -0.1) is 0 Å². The van der Waals surface area contributed by atoms with Crippen LogP contribution in [0.5, 0.6) is 5.75 Å². The lowest BCUT2D eigenvalue weighted by Crippen LogP contribution is -2.08. The summed E-state index contributed by atoms with van der Waals surface area (Å²) in [6.07, 6.45) is -4.92. The van der Waals surface area contributed by atoms with E-state index in [0.29, 0.717) is 12.4 Å². The number of methoxy groups -OCH3 is 1. The summed E-state index contributed by atoms with van der Waals surface area (Å²) >= 11 is 3.33. The van der Waals surface area contributed by atoms with Crippen LogP contribution in [-0.2, 0) is 11.3 Å². The number of halogens is 4. The van der Waals surface area contributed by atoms with Gasteiger partial charge in [-0.25, -0.2) is 0 Å². The molecule has 0 fully saturated rings. The Morgan fingerprint density at radius 3 is 2.56 bits per heavy atom. The Labute approximate surface area is 112 Å². The lowest BCUT2D eigenvalue weighted by atomic mass is 10.2. The quantitative estimate of drug-likeness (QED) is 0.725. The fraction of sp³-hybridized carbons (Fsp3) is 0.500. The minimum Gasteiger partial charge on any atom is -0.496 e. The average molecular weight is 327 g/mol. The highest BCUT2D eigenvalue weighted by molar-refractivity contribution is 9.10. The first-order chi connectivity index (χ1) is 8.42. The number of hydrogen-bond acceptors (Lipinski definition) is 2. The van der Waals surface area contributed by atoms with E-state index in [0.717, 1.165) is 10.0 Å². The van der Waals surface area contributed by atoms with Gasteiger partial charge in [0.15, 0.2) is 0 Å². The van der Waals surface area contributed by atoms with Crippen LogP contribution in [0.1, 0.15) is 18.4 Å². The van der Waals surface area contributed by atoms with Crippen LogP contribution >= 0.6 is 15.9 Å². The summed E-state index contributed by atoms with van der Waals surface area (Å²) in [6, 6.07) is 5.41. The third kappa shape index (κ3) is 5.73. The van der Waals surface area contributed by atoms with Gasteiger partial charge in [0.05, 0.1) is 18.2 Å². The van der Waals surface area contributed by atoms with E-state index in [2.05, 4.69) is 15.9 Å². The molecule has 6 heteroatoms. The van der Waals surface area contributed by atoms with Gasteiger partial charge < -0.3 is 9.47 Å². The molecule has 0 unspecified atom stereocenters. The summed E-state index contributed by atoms with van der Waals surface area (Å²) in [5, 5.41) is 0. The molecule has 0 spiro atoms. The van der Waals surface area contributed by atoms with Gasteiger partial charge in [0.25, 0.3) is 0 Å². The Balaban J connectivity index is 2.29. The van der Waals surface area contributed by atoms with Crippen molar-refractivity contribution in [1.82, 2.24) is 0 Å². The molecule has 102 valence electrons. The molecule has 1 aromatic rings. The molecule has 1 rings (SSSR count). The number of hydrogen-bond donors (Lipinski definition) is 0. The molecule has 0 aromatic heterocycles. The van der Waals surface area contributed by atoms with Gasteiger partial charge in [-0.3, -0.25) is 0 Å². The molecule has 0 aliphatic heterocycles. The van der Waals surface area contributed by atoms with Crippen LogP contribution in [0.2, 0.25) is 0 Å². The van der Waals surface area contributed by atoms with Crippen LogP contribution in [0.15, 0.2) is 22.7 Å². The highest BCUT2D eigenvalue weighted by Gasteiger charge is 2.25. The molecule has 0 aliphatic carbocycles. The maximum atomic E-state index is 11.9. The normalized spacial score (nSPS) is 11.6. The van der Waals surface area contributed by atoms with E-state index in [1.54, 1.807) is 13.2 Å². The van der Waals surface area contributed by atoms with E-state index in [9.17, 15) is 13.2 Å². The Kier molecular flexibility index (Phi) is 5.95. The van der Waals surface area contributed by atoms with Gasteiger partial charge in [-0.05, 0) is 40.0 Å². The van der Waals surface area contributed by atoms with Crippen LogP contribution in [-0.4, -0.2) is 19.9 Å². The van der Waals surface area contributed by atoms with Crippen LogP contribution in [0.3, 0.4) is 0 Å². The second-order valence-electron chi connectivity index (χ2n) is 3.74. The maximum Gasteiger partial charge on any atom is 0.389 e. The SMILES string of the molecule is COc1ccc(COCCCC(F)(F)F)cc1Br. The Bertz CT molecular complexity index is 380. The summed E-state index contributed by atoms with van der Waals surface area (Å²) in [5.74, 6) is 0.704. The van der Waals surface area contributed by atoms with E-state index in [1.165, 1.54) is 0 Å². The third-order valence-electron chi connectivity index (χ3n) is 2.23. The zero-order valence-corrected chi connectivity index (χ0v) is 11.5. The number of ether oxygens (including phenoxy) is 2. The van der Waals surface area contributed by atoms with Gasteiger partial charge in [-0.2, -0.15) is 13.2 Å². The first kappa shape index (κ1) is 15.3. The van der Waals surface area contributed by atoms with E-state index in [1.807, 2.05) is 12.1 Å². The third-order valence-corrected chi connectivity index (χ3v) is 2.85. The fourth-order valence-corrected chi connectivity index (χ4v) is 1.95. The minimum atomic E-state index is -4.10. The molecule has 0 bridgehead atoms. The number of alkyl halides is 3. The molecule has 1 aromatic carbocycles. The molecule has 0 N–H and O–H groups in total. The largest absolute Gasteiger partial charge is 0.496 e. The average Bonchev–Trinajstić information content (AvgIpc) is 2.27. The second-order valence-corrected chi connectivity index (χ2v) is 4.59. The van der Waals surface area contributed by atoms with Crippen LogP contribution in [0.25, 0.3) is 0 Å². The molecule has 0 aliphatic rings. The van der Waals surface area contributed by atoms with Crippen molar-refractivity contribution in [2.24, 2.45) is 0 Å². The monoisotopic (exact) mass is 326 g/mol. The highest BCUT2D eigenvalue weighted by Crippen LogP contribution is 2.26. The van der Waals surface area contributed by atoms with Crippen LogP contribution in [0.4, 0.5) is 13.2 Å². The number of benzene rings is 1. The Morgan fingerprint density at radius 2 is 2.00 bits per heavy atom. The molecule has 0 atom stereocenters. The van der Waals surface area contributed by atoms with Crippen LogP contribution < -0.4 is 4.74 Å². The van der Waals surface area contributed by atoms with Gasteiger partial charge in [0, 0.05) is 13.0 Å². The highest BCUT2D eigenvalue weighted by atomic mass is 79.9. The second kappa shape index (κ2) is 6.99. The molecule has 2 nitrogen and oxygen atoms in total. The van der Waals surface area contributed by atoms with E-state index in [4.69, 9.17) is 9.47 Å². The maximum absolute atomic E-state index is 11.9. The molecule has 0 saturated heterocycles. The van der Waals surface area contributed by atoms with E-state index >= 15 is 0 Å². The fourth-order valence-electron chi connectivity index (χ4n) is 1.36. The van der Waals surface area contributed by atoms with Crippen molar-refractivity contribution < 1.29 is 22.6 Å². The summed E-state index contributed by atoms with van der Waals surface area (Å²) in [5.41, 5.74) is 0.884. The molecule has 0 amide bonds. The summed E-state index contributed by atoms with van der Waals surface area (Å²) in [4.78, 5) is 0. The minimum absolute atomic E-state index is 0.0131. The zero-order valence-electron chi connectivity index (χ0n) is 9.89. The lowest BCUT2D eigenvalue weighted by Gasteiger charge is -2.08. The molecule has 0 heterocycles. The van der Waals surface area contributed by atoms with Crippen molar-refractivity contribution in [3.8, 4) is 5.75 Å². The van der Waals surface area contributed by atoms with Gasteiger partial charge in [0.2, 0.25) is 0 Å². The molecule has 0 radical (unpaired) electrons. The Morgan fingerprint density at radius 1 is 1.28 bits per heavy atom. The number of rotatable bonds is 6. The van der Waals surface area contributed by atoms with Crippen molar-refractivity contribution >= 4 is 15.9 Å². The van der Waals surface area contributed by atoms with Crippen molar-refractivity contribution in [3.63, 3.8) is 0 Å². The first-order valence-corrected chi connectivity index (χ1v) is 6.18. The lowest BCUT2D eigenvalue weighted by molar-refractivity contribution is -0.138. The first-order valence-electron chi connectivity index (χ1n) is 5.39. The van der Waals surface area contributed by atoms with Crippen molar-refractivity contribution in [2.75, 3.05) is 13.7 Å². The zero-order chi connectivity index (χ0) is 13.6. The van der Waals surface area contributed by atoms with Gasteiger partial charge >= 0.3 is 6.18 Å². The molecule has 18 heavy (non-hydrogen) atoms. The summed E-state index contributed by atoms with van der Waals surface area (Å²) < 4.78 is 46.6. The standard InChI is InChI=1S/C12H14BrF3O2/c1-17-11-4-3-9(7-10(11)13)8-18-6-2-5-12(14,15)16/h3-4,7H,2,5-6,8H2,1H3. The Hall–Kier alpha value is -0.750. The predicted molar refractivity (Wildman–Crippen MR) is 65.6 cm³/mol. The molecule has 0 saturated carbocycles. The van der Waals surface area contributed by atoms with E-state index in [-0.39, 0.29) is 13.0 Å². The summed E-state index contributed by atoms with van der Waals surface area (Å²) in [7, 11) is 1.56. The predicted octanol–water partition coefficient (Wildman–Crippen LogP) is 4.32. The van der Waals surface area contributed by atoms with Crippen LogP contribution in [0, 0.1) is 0 Å². The summed E-state index contributed by atoms with van der Waals surface area (Å²) in [6.45, 7) is 0.392. The molecular formula is C12H14BrF3O2. The van der Waals surface area contributed by atoms with Crippen molar-refractivity contribution in [2.45, 2.75) is 25.6 Å². The van der Waals surface area contributed by atoms with Gasteiger partial charge in [0.1, 0.15) is 5.75 Å². The van der Waals surface area contributed by atoms with Gasteiger partial charge in [-0.1, -0.05) is 6.07 Å². The smallest absolute Gasteiger partial charge is 0.389 e. The van der Waals surface area contributed by atoms with Crippen molar-refractivity contribution in [1.29, 1.82) is 0 Å².